The van der Waals surface area contributed by atoms with Crippen LogP contribution in [0.5, 0.6) is 0 Å². The van der Waals surface area contributed by atoms with Crippen molar-refractivity contribution in [2.24, 2.45) is 0 Å². The summed E-state index contributed by atoms with van der Waals surface area (Å²) in [6.07, 6.45) is -1.73. The minimum atomic E-state index is -1.73. The van der Waals surface area contributed by atoms with Gasteiger partial charge in [-0.2, -0.15) is 0 Å². The average molecular weight is 216 g/mol. The van der Waals surface area contributed by atoms with Crippen LogP contribution in [-0.2, 0) is 9.53 Å². The van der Waals surface area contributed by atoms with Crippen LogP contribution in [0, 0.1) is 18.6 Å². The standard InChI is InChI=1S/C10H10F2O3/c1-5-7(11)4-3-6(8(5)12)9(13)10(14)15-2/h3-4,9,13H,1-2H3. The topological polar surface area (TPSA) is 46.5 Å². The van der Waals surface area contributed by atoms with E-state index in [9.17, 15) is 18.7 Å². The molecule has 0 saturated carbocycles. The van der Waals surface area contributed by atoms with Gasteiger partial charge in [-0.3, -0.25) is 0 Å². The zero-order valence-electron chi connectivity index (χ0n) is 8.25. The number of esters is 1. The van der Waals surface area contributed by atoms with E-state index >= 15 is 0 Å². The molecule has 1 unspecified atom stereocenters. The Bertz CT molecular complexity index is 390. The molecule has 0 fully saturated rings. The molecule has 1 aromatic rings. The van der Waals surface area contributed by atoms with Crippen molar-refractivity contribution < 1.29 is 23.4 Å². The first-order valence-corrected chi connectivity index (χ1v) is 4.19. The second-order valence-electron chi connectivity index (χ2n) is 3.00. The van der Waals surface area contributed by atoms with E-state index < -0.39 is 23.7 Å². The van der Waals surface area contributed by atoms with Crippen molar-refractivity contribution in [2.45, 2.75) is 13.0 Å². The molecule has 0 heterocycles. The number of rotatable bonds is 2. The number of hydrogen-bond acceptors (Lipinski definition) is 3. The number of methoxy groups -OCH3 is 1. The molecule has 0 aliphatic rings. The summed E-state index contributed by atoms with van der Waals surface area (Å²) in [5.41, 5.74) is -0.531. The molecule has 0 saturated heterocycles. The molecule has 0 aromatic heterocycles. The summed E-state index contributed by atoms with van der Waals surface area (Å²) in [5, 5.41) is 9.35. The van der Waals surface area contributed by atoms with Gasteiger partial charge in [-0.15, -0.1) is 0 Å². The van der Waals surface area contributed by atoms with Gasteiger partial charge >= 0.3 is 5.97 Å². The van der Waals surface area contributed by atoms with E-state index in [-0.39, 0.29) is 11.1 Å². The molecular formula is C10H10F2O3. The van der Waals surface area contributed by atoms with Gasteiger partial charge in [0.25, 0.3) is 0 Å². The van der Waals surface area contributed by atoms with Crippen molar-refractivity contribution in [3.63, 3.8) is 0 Å². The largest absolute Gasteiger partial charge is 0.467 e. The van der Waals surface area contributed by atoms with Gasteiger partial charge in [0.05, 0.1) is 7.11 Å². The minimum absolute atomic E-state index is 0.240. The SMILES string of the molecule is COC(=O)C(O)c1ccc(F)c(C)c1F. The molecule has 0 amide bonds. The number of benzene rings is 1. The van der Waals surface area contributed by atoms with Crippen LogP contribution in [0.4, 0.5) is 8.78 Å². The molecule has 0 bridgehead atoms. The molecule has 3 nitrogen and oxygen atoms in total. The summed E-state index contributed by atoms with van der Waals surface area (Å²) in [7, 11) is 1.07. The molecule has 5 heteroatoms. The van der Waals surface area contributed by atoms with Crippen LogP contribution in [0.1, 0.15) is 17.2 Å². The summed E-state index contributed by atoms with van der Waals surface area (Å²) in [6, 6.07) is 2.00. The third-order valence-electron chi connectivity index (χ3n) is 2.07. The molecule has 1 rings (SSSR count). The van der Waals surface area contributed by atoms with Gasteiger partial charge in [0.2, 0.25) is 0 Å². The minimum Gasteiger partial charge on any atom is -0.467 e. The number of aliphatic hydroxyl groups is 1. The molecule has 1 N–H and O–H groups in total. The second kappa shape index (κ2) is 4.35. The lowest BCUT2D eigenvalue weighted by Gasteiger charge is -2.11. The van der Waals surface area contributed by atoms with Crippen LogP contribution in [-0.4, -0.2) is 18.2 Å². The van der Waals surface area contributed by atoms with Crippen LogP contribution >= 0.6 is 0 Å². The van der Waals surface area contributed by atoms with Crippen molar-refractivity contribution in [3.05, 3.63) is 34.9 Å². The number of carbonyl (C=O) groups excluding carboxylic acids is 1. The quantitative estimate of drug-likeness (QED) is 0.761. The van der Waals surface area contributed by atoms with Crippen LogP contribution < -0.4 is 0 Å². The Morgan fingerprint density at radius 2 is 2.07 bits per heavy atom. The van der Waals surface area contributed by atoms with E-state index in [0.717, 1.165) is 19.2 Å². The zero-order valence-corrected chi connectivity index (χ0v) is 8.25. The van der Waals surface area contributed by atoms with Crippen molar-refractivity contribution >= 4 is 5.97 Å². The lowest BCUT2D eigenvalue weighted by Crippen LogP contribution is -2.15. The first-order valence-electron chi connectivity index (χ1n) is 4.19. The Balaban J connectivity index is 3.16. The maximum atomic E-state index is 13.4. The average Bonchev–Trinajstić information content (AvgIpc) is 2.24. The number of aliphatic hydroxyl groups excluding tert-OH is 1. The third kappa shape index (κ3) is 2.12. The maximum Gasteiger partial charge on any atom is 0.339 e. The smallest absolute Gasteiger partial charge is 0.339 e. The fourth-order valence-corrected chi connectivity index (χ4v) is 1.13. The zero-order chi connectivity index (χ0) is 11.6. The highest BCUT2D eigenvalue weighted by atomic mass is 19.1. The Morgan fingerprint density at radius 1 is 1.47 bits per heavy atom. The highest BCUT2D eigenvalue weighted by molar-refractivity contribution is 5.76. The van der Waals surface area contributed by atoms with E-state index in [1.54, 1.807) is 0 Å². The Hall–Kier alpha value is -1.49. The van der Waals surface area contributed by atoms with Gasteiger partial charge in [-0.05, 0) is 19.1 Å². The van der Waals surface area contributed by atoms with Crippen LogP contribution in [0.2, 0.25) is 0 Å². The van der Waals surface area contributed by atoms with E-state index in [1.807, 2.05) is 0 Å². The number of hydrogen-bond donors (Lipinski definition) is 1. The lowest BCUT2D eigenvalue weighted by atomic mass is 10.1. The highest BCUT2D eigenvalue weighted by Crippen LogP contribution is 2.22. The highest BCUT2D eigenvalue weighted by Gasteiger charge is 2.23. The molecule has 0 aliphatic carbocycles. The normalized spacial score (nSPS) is 12.3. The monoisotopic (exact) mass is 216 g/mol. The Morgan fingerprint density at radius 3 is 2.60 bits per heavy atom. The molecule has 1 aromatic carbocycles. The van der Waals surface area contributed by atoms with E-state index in [0.29, 0.717) is 0 Å². The second-order valence-corrected chi connectivity index (χ2v) is 3.00. The van der Waals surface area contributed by atoms with Crippen molar-refractivity contribution in [1.82, 2.24) is 0 Å². The Labute approximate surface area is 85.3 Å². The van der Waals surface area contributed by atoms with Gasteiger partial charge < -0.3 is 9.84 Å². The van der Waals surface area contributed by atoms with E-state index in [2.05, 4.69) is 4.74 Å². The fourth-order valence-electron chi connectivity index (χ4n) is 1.13. The Kier molecular flexibility index (Phi) is 3.36. The molecular weight excluding hydrogens is 206 g/mol. The molecule has 15 heavy (non-hydrogen) atoms. The molecule has 82 valence electrons. The van der Waals surface area contributed by atoms with Crippen LogP contribution in [0.3, 0.4) is 0 Å². The summed E-state index contributed by atoms with van der Waals surface area (Å²) in [4.78, 5) is 10.9. The van der Waals surface area contributed by atoms with Crippen molar-refractivity contribution in [1.29, 1.82) is 0 Å². The van der Waals surface area contributed by atoms with E-state index in [4.69, 9.17) is 0 Å². The lowest BCUT2D eigenvalue weighted by molar-refractivity contribution is -0.150. The van der Waals surface area contributed by atoms with Crippen LogP contribution in [0.15, 0.2) is 12.1 Å². The van der Waals surface area contributed by atoms with Crippen molar-refractivity contribution in [2.75, 3.05) is 7.11 Å². The van der Waals surface area contributed by atoms with Crippen LogP contribution in [0.25, 0.3) is 0 Å². The van der Waals surface area contributed by atoms with Gasteiger partial charge in [0.15, 0.2) is 6.10 Å². The summed E-state index contributed by atoms with van der Waals surface area (Å²) >= 11 is 0. The van der Waals surface area contributed by atoms with E-state index in [1.165, 1.54) is 6.92 Å². The number of halogens is 2. The summed E-state index contributed by atoms with van der Waals surface area (Å²) < 4.78 is 30.5. The summed E-state index contributed by atoms with van der Waals surface area (Å²) in [6.45, 7) is 1.22. The number of carbonyl (C=O) groups is 1. The molecule has 0 aliphatic heterocycles. The maximum absolute atomic E-state index is 13.4. The third-order valence-corrected chi connectivity index (χ3v) is 2.07. The molecule has 0 spiro atoms. The van der Waals surface area contributed by atoms with Gasteiger partial charge in [0.1, 0.15) is 11.6 Å². The van der Waals surface area contributed by atoms with Gasteiger partial charge in [-0.25, -0.2) is 13.6 Å². The summed E-state index contributed by atoms with van der Waals surface area (Å²) in [5.74, 6) is -2.65. The van der Waals surface area contributed by atoms with Gasteiger partial charge in [-0.1, -0.05) is 0 Å². The molecule has 0 radical (unpaired) electrons. The van der Waals surface area contributed by atoms with Gasteiger partial charge in [0, 0.05) is 11.1 Å². The predicted octanol–water partition coefficient (Wildman–Crippen LogP) is 1.48. The predicted molar refractivity (Wildman–Crippen MR) is 48.1 cm³/mol. The first-order chi connectivity index (χ1) is 6.99. The molecule has 1 atom stereocenters. The first kappa shape index (κ1) is 11.6. The number of ether oxygens (including phenoxy) is 1. The van der Waals surface area contributed by atoms with Crippen molar-refractivity contribution in [3.8, 4) is 0 Å². The fraction of sp³-hybridized carbons (Fsp3) is 0.300.